The van der Waals surface area contributed by atoms with Crippen molar-refractivity contribution < 1.29 is 32.9 Å². The summed E-state index contributed by atoms with van der Waals surface area (Å²) in [4.78, 5) is 27.8. The molecule has 1 saturated heterocycles. The van der Waals surface area contributed by atoms with Crippen molar-refractivity contribution in [3.8, 4) is 11.8 Å². The van der Waals surface area contributed by atoms with E-state index in [9.17, 15) is 9.59 Å². The summed E-state index contributed by atoms with van der Waals surface area (Å²) in [7, 11) is -4.21. The molecule has 1 aromatic rings. The van der Waals surface area contributed by atoms with Crippen molar-refractivity contribution in [1.82, 2.24) is 9.55 Å². The summed E-state index contributed by atoms with van der Waals surface area (Å²) in [5, 5.41) is 8.71. The fraction of sp³-hybridized carbons (Fsp3) is 0.800. The molecule has 0 radical (unpaired) electrons. The molecule has 3 atom stereocenters. The van der Waals surface area contributed by atoms with Crippen LogP contribution < -0.4 is 11.2 Å². The summed E-state index contributed by atoms with van der Waals surface area (Å²) in [6.45, 7) is 24.2. The second-order valence-electron chi connectivity index (χ2n) is 13.9. The summed E-state index contributed by atoms with van der Waals surface area (Å²) in [6.07, 6.45) is 0.640. The number of rotatable bonds is 15. The zero-order valence-corrected chi connectivity index (χ0v) is 29.8. The molecule has 0 aliphatic carbocycles. The lowest BCUT2D eigenvalue weighted by molar-refractivity contribution is -0.0412. The van der Waals surface area contributed by atoms with Crippen LogP contribution in [0.2, 0.25) is 36.3 Å². The van der Waals surface area contributed by atoms with Gasteiger partial charge in [0, 0.05) is 12.6 Å². The van der Waals surface area contributed by atoms with Gasteiger partial charge in [0.1, 0.15) is 24.5 Å². The maximum Gasteiger partial charge on any atom is 0.330 e. The number of nitrogens with one attached hydrogen (secondary N) is 1. The minimum absolute atomic E-state index is 0.00355. The Kier molecular flexibility index (Phi) is 14.1. The van der Waals surface area contributed by atoms with Gasteiger partial charge in [-0.2, -0.15) is 0 Å². The molecule has 0 saturated carbocycles. The average Bonchev–Trinajstić information content (AvgIpc) is 3.27. The normalized spacial score (nSPS) is 19.8. The molecule has 0 unspecified atom stereocenters. The molecule has 0 amide bonds. The predicted octanol–water partition coefficient (Wildman–Crippen LogP) is 3.63. The van der Waals surface area contributed by atoms with Gasteiger partial charge in [-0.05, 0) is 36.3 Å². The number of nitrogens with zero attached hydrogens (tertiary/aromatic N) is 1. The number of hydrogen-bond donors (Lipinski definition) is 2. The number of aromatic amines is 1. The maximum absolute atomic E-state index is 12.9. The molecule has 1 aromatic heterocycles. The first-order valence-corrected chi connectivity index (χ1v) is 20.9. The van der Waals surface area contributed by atoms with E-state index in [1.54, 1.807) is 0 Å². The maximum atomic E-state index is 12.9. The van der Waals surface area contributed by atoms with Gasteiger partial charge in [-0.3, -0.25) is 14.3 Å². The highest BCUT2D eigenvalue weighted by molar-refractivity contribution is 6.74. The predicted molar refractivity (Wildman–Crippen MR) is 171 cm³/mol. The highest BCUT2D eigenvalue weighted by Gasteiger charge is 2.46. The summed E-state index contributed by atoms with van der Waals surface area (Å²) in [6, 6.07) is 0. The van der Waals surface area contributed by atoms with E-state index in [1.165, 1.54) is 10.8 Å². The second-order valence-corrected chi connectivity index (χ2v) is 23.4. The van der Waals surface area contributed by atoms with Gasteiger partial charge in [0.05, 0.1) is 52.4 Å². The van der Waals surface area contributed by atoms with Crippen molar-refractivity contribution in [2.75, 3.05) is 52.9 Å². The van der Waals surface area contributed by atoms with Gasteiger partial charge >= 0.3 is 5.69 Å². The molecule has 2 N–H and O–H groups in total. The van der Waals surface area contributed by atoms with Gasteiger partial charge in [0.2, 0.25) is 0 Å². The Bertz CT molecular complexity index is 1190. The van der Waals surface area contributed by atoms with Gasteiger partial charge in [0.25, 0.3) is 5.56 Å². The van der Waals surface area contributed by atoms with E-state index < -0.39 is 34.1 Å². The number of aliphatic hydroxyl groups excluding tert-OH is 1. The molecule has 2 rings (SSSR count). The lowest BCUT2D eigenvalue weighted by Gasteiger charge is -2.40. The van der Waals surface area contributed by atoms with Crippen LogP contribution >= 0.6 is 0 Å². The van der Waals surface area contributed by atoms with E-state index in [0.717, 1.165) is 0 Å². The van der Waals surface area contributed by atoms with Crippen LogP contribution in [0.1, 0.15) is 59.8 Å². The molecule has 1 fully saturated rings. The van der Waals surface area contributed by atoms with Crippen LogP contribution in [-0.2, 0) is 27.8 Å². The summed E-state index contributed by atoms with van der Waals surface area (Å²) in [5.41, 5.74) is -0.981. The van der Waals surface area contributed by atoms with Crippen LogP contribution in [0.15, 0.2) is 15.8 Å². The zero-order valence-electron chi connectivity index (χ0n) is 27.8. The highest BCUT2D eigenvalue weighted by atomic mass is 28.4. The fourth-order valence-corrected chi connectivity index (χ4v) is 6.13. The van der Waals surface area contributed by atoms with E-state index in [0.29, 0.717) is 39.5 Å². The van der Waals surface area contributed by atoms with Crippen molar-refractivity contribution in [1.29, 1.82) is 0 Å². The Morgan fingerprint density at radius 2 is 1.53 bits per heavy atom. The molecule has 246 valence electrons. The first-order chi connectivity index (χ1) is 19.9. The number of aromatic nitrogens is 2. The molecule has 43 heavy (non-hydrogen) atoms. The van der Waals surface area contributed by atoms with Crippen molar-refractivity contribution in [3.05, 3.63) is 32.6 Å². The lowest BCUT2D eigenvalue weighted by Crippen LogP contribution is -2.48. The molecule has 1 aliphatic heterocycles. The summed E-state index contributed by atoms with van der Waals surface area (Å²) >= 11 is 0. The Morgan fingerprint density at radius 3 is 2.12 bits per heavy atom. The quantitative estimate of drug-likeness (QED) is 0.167. The SMILES string of the molecule is CC(C)(C)[Si](C)(C)OC[C@H]1O[C@@H](n2cc(C#CCOCCOCCOCCO)c(=O)[nH]c2=O)C[C@@H]1O[Si](C)(C)C(C)(C)C. The van der Waals surface area contributed by atoms with Crippen LogP contribution in [0.3, 0.4) is 0 Å². The molecule has 0 spiro atoms. The molecule has 2 heterocycles. The molecule has 0 aromatic carbocycles. The number of H-pyrrole nitrogens is 1. The van der Waals surface area contributed by atoms with E-state index in [-0.39, 0.29) is 47.7 Å². The van der Waals surface area contributed by atoms with Crippen LogP contribution in [0, 0.1) is 11.8 Å². The van der Waals surface area contributed by atoms with E-state index >= 15 is 0 Å². The minimum atomic E-state index is -2.16. The fourth-order valence-electron chi connectivity index (χ4n) is 3.75. The average molecular weight is 643 g/mol. The van der Waals surface area contributed by atoms with Crippen LogP contribution in [0.5, 0.6) is 0 Å². The van der Waals surface area contributed by atoms with Gasteiger partial charge in [-0.15, -0.1) is 0 Å². The van der Waals surface area contributed by atoms with Gasteiger partial charge in [-0.1, -0.05) is 53.4 Å². The third-order valence-corrected chi connectivity index (χ3v) is 17.5. The zero-order chi connectivity index (χ0) is 32.5. The number of hydrogen-bond acceptors (Lipinski definition) is 9. The van der Waals surface area contributed by atoms with Crippen molar-refractivity contribution in [3.63, 3.8) is 0 Å². The summed E-state index contributed by atoms with van der Waals surface area (Å²) in [5.74, 6) is 5.63. The highest BCUT2D eigenvalue weighted by Crippen LogP contribution is 2.42. The van der Waals surface area contributed by atoms with Crippen LogP contribution in [0.4, 0.5) is 0 Å². The molecular weight excluding hydrogens is 589 g/mol. The lowest BCUT2D eigenvalue weighted by atomic mass is 10.2. The molecular formula is C30H54N2O9Si2. The minimum Gasteiger partial charge on any atom is -0.414 e. The Hall–Kier alpha value is -1.61. The molecule has 1 aliphatic rings. The Balaban J connectivity index is 2.14. The third-order valence-electron chi connectivity index (χ3n) is 8.50. The van der Waals surface area contributed by atoms with E-state index in [2.05, 4.69) is 84.6 Å². The third kappa shape index (κ3) is 11.4. The molecule has 0 bridgehead atoms. The largest absolute Gasteiger partial charge is 0.414 e. The first-order valence-electron chi connectivity index (χ1n) is 15.1. The van der Waals surface area contributed by atoms with E-state index in [1.807, 2.05) is 0 Å². The number of ether oxygens (including phenoxy) is 4. The first kappa shape index (κ1) is 37.6. The van der Waals surface area contributed by atoms with Crippen LogP contribution in [0.25, 0.3) is 0 Å². The second kappa shape index (κ2) is 16.1. The van der Waals surface area contributed by atoms with Gasteiger partial charge in [0.15, 0.2) is 16.6 Å². The van der Waals surface area contributed by atoms with Crippen LogP contribution in [-0.4, -0.2) is 96.4 Å². The van der Waals surface area contributed by atoms with Gasteiger partial charge in [-0.25, -0.2) is 4.79 Å². The monoisotopic (exact) mass is 642 g/mol. The molecule has 13 heteroatoms. The van der Waals surface area contributed by atoms with Crippen molar-refractivity contribution >= 4 is 16.6 Å². The Labute approximate surface area is 258 Å². The topological polar surface area (TPSA) is 130 Å². The molecule has 11 nitrogen and oxygen atoms in total. The standard InChI is InChI=1S/C30H54N2O9Si2/c1-29(2,3)42(7,8)39-22-25-24(41-43(9,10)30(4,5)6)20-26(40-25)32-21-23(27(34)31-28(32)35)12-11-14-36-16-18-38-19-17-37-15-13-33/h21,24-26,33H,13-20,22H2,1-10H3,(H,31,34,35)/t24-,25+,26+/m0/s1. The summed E-state index contributed by atoms with van der Waals surface area (Å²) < 4.78 is 37.1. The van der Waals surface area contributed by atoms with E-state index in [4.69, 9.17) is 32.9 Å². The number of aliphatic hydroxyl groups is 1. The van der Waals surface area contributed by atoms with Crippen molar-refractivity contribution in [2.45, 2.75) is 103 Å². The smallest absolute Gasteiger partial charge is 0.330 e. The van der Waals surface area contributed by atoms with Gasteiger partial charge < -0.3 is 32.9 Å². The Morgan fingerprint density at radius 1 is 0.953 bits per heavy atom. The van der Waals surface area contributed by atoms with Crippen molar-refractivity contribution in [2.24, 2.45) is 0 Å².